The highest BCUT2D eigenvalue weighted by atomic mass is 16.5. The van der Waals surface area contributed by atoms with Gasteiger partial charge in [-0.25, -0.2) is 4.98 Å². The van der Waals surface area contributed by atoms with Crippen molar-refractivity contribution in [1.29, 1.82) is 0 Å². The molecule has 1 amide bonds. The van der Waals surface area contributed by atoms with Crippen LogP contribution in [0, 0.1) is 12.8 Å². The van der Waals surface area contributed by atoms with E-state index in [-0.39, 0.29) is 18.1 Å². The van der Waals surface area contributed by atoms with Crippen LogP contribution in [0.25, 0.3) is 0 Å². The second-order valence-electron chi connectivity index (χ2n) is 7.34. The molecule has 2 N–H and O–H groups in total. The van der Waals surface area contributed by atoms with Crippen molar-refractivity contribution in [2.75, 3.05) is 19.4 Å². The Kier molecular flexibility index (Phi) is 4.44. The number of carbonyl (C=O) groups is 1. The molecule has 2 aliphatic rings. The van der Waals surface area contributed by atoms with Crippen LogP contribution in [-0.4, -0.2) is 51.4 Å². The Morgan fingerprint density at radius 3 is 2.92 bits per heavy atom. The molecule has 0 radical (unpaired) electrons. The first kappa shape index (κ1) is 17.1. The molecule has 1 aliphatic carbocycles. The number of methoxy groups -OCH3 is 1. The maximum Gasteiger partial charge on any atom is 0.291 e. The number of nitrogen functional groups attached to an aromatic ring is 1. The van der Waals surface area contributed by atoms with Gasteiger partial charge in [-0.05, 0) is 38.2 Å². The number of likely N-dealkylation sites (tertiary alicyclic amines) is 1. The topological polar surface area (TPSA) is 99.4 Å². The predicted molar refractivity (Wildman–Crippen MR) is 94.5 cm³/mol. The Bertz CT molecular complexity index is 795. The summed E-state index contributed by atoms with van der Waals surface area (Å²) in [5.74, 6) is 2.04. The molecular weight excluding hydrogens is 334 g/mol. The van der Waals surface area contributed by atoms with Crippen molar-refractivity contribution in [1.82, 2.24) is 19.7 Å². The first-order valence-corrected chi connectivity index (χ1v) is 9.12. The van der Waals surface area contributed by atoms with Gasteiger partial charge in [-0.2, -0.15) is 5.10 Å². The number of ether oxygens (including phenoxy) is 1. The Hall–Kier alpha value is -2.35. The van der Waals surface area contributed by atoms with Gasteiger partial charge >= 0.3 is 0 Å². The predicted octanol–water partition coefficient (Wildman–Crippen LogP) is 1.64. The normalized spacial score (nSPS) is 22.9. The number of carbonyl (C=O) groups excluding carboxylic acids is 1. The van der Waals surface area contributed by atoms with Gasteiger partial charge in [0.25, 0.3) is 5.91 Å². The summed E-state index contributed by atoms with van der Waals surface area (Å²) in [4.78, 5) is 19.4. The third kappa shape index (κ3) is 3.46. The number of rotatable bonds is 6. The summed E-state index contributed by atoms with van der Waals surface area (Å²) in [5, 5.41) is 4.23. The fraction of sp³-hybridized carbons (Fsp3) is 0.611. The quantitative estimate of drug-likeness (QED) is 0.842. The van der Waals surface area contributed by atoms with E-state index in [1.165, 1.54) is 12.8 Å². The van der Waals surface area contributed by atoms with E-state index in [9.17, 15) is 4.79 Å². The van der Waals surface area contributed by atoms with Crippen molar-refractivity contribution in [2.24, 2.45) is 5.92 Å². The Morgan fingerprint density at radius 1 is 1.46 bits per heavy atom. The van der Waals surface area contributed by atoms with Crippen LogP contribution in [0.2, 0.25) is 0 Å². The summed E-state index contributed by atoms with van der Waals surface area (Å²) in [6.45, 7) is 2.94. The van der Waals surface area contributed by atoms with Crippen molar-refractivity contribution < 1.29 is 13.9 Å². The van der Waals surface area contributed by atoms with E-state index in [0.29, 0.717) is 42.2 Å². The molecule has 1 saturated heterocycles. The van der Waals surface area contributed by atoms with Crippen LogP contribution in [0.15, 0.2) is 16.7 Å². The molecule has 0 aromatic carbocycles. The van der Waals surface area contributed by atoms with Crippen LogP contribution in [0.3, 0.4) is 0 Å². The molecule has 140 valence electrons. The largest absolute Gasteiger partial charge is 0.435 e. The van der Waals surface area contributed by atoms with E-state index >= 15 is 0 Å². The van der Waals surface area contributed by atoms with Crippen molar-refractivity contribution in [3.63, 3.8) is 0 Å². The third-order valence-corrected chi connectivity index (χ3v) is 5.22. The maximum absolute atomic E-state index is 13.1. The van der Waals surface area contributed by atoms with Crippen LogP contribution < -0.4 is 5.73 Å². The first-order chi connectivity index (χ1) is 12.5. The summed E-state index contributed by atoms with van der Waals surface area (Å²) in [6, 6.07) is 1.72. The fourth-order valence-electron chi connectivity index (χ4n) is 3.60. The molecule has 0 unspecified atom stereocenters. The minimum absolute atomic E-state index is 0.00558. The van der Waals surface area contributed by atoms with Gasteiger partial charge in [-0.15, -0.1) is 0 Å². The molecule has 26 heavy (non-hydrogen) atoms. The van der Waals surface area contributed by atoms with Gasteiger partial charge in [-0.1, -0.05) is 0 Å². The van der Waals surface area contributed by atoms with Crippen LogP contribution in [0.5, 0.6) is 0 Å². The Labute approximate surface area is 152 Å². The number of anilines is 1. The zero-order valence-electron chi connectivity index (χ0n) is 15.2. The van der Waals surface area contributed by atoms with Crippen molar-refractivity contribution in [3.8, 4) is 0 Å². The van der Waals surface area contributed by atoms with Crippen LogP contribution in [0.4, 0.5) is 5.82 Å². The molecule has 1 aliphatic heterocycles. The van der Waals surface area contributed by atoms with Crippen LogP contribution in [-0.2, 0) is 17.7 Å². The molecule has 0 bridgehead atoms. The zero-order valence-corrected chi connectivity index (χ0v) is 15.2. The SMILES string of the molecule is CO[C@@H]1C[C@@H](Cn2ccc(N)n2)N(C(=O)c2oc(CC3CC3)nc2C)C1. The average molecular weight is 359 g/mol. The minimum atomic E-state index is -0.123. The summed E-state index contributed by atoms with van der Waals surface area (Å²) >= 11 is 0. The molecule has 8 heteroatoms. The smallest absolute Gasteiger partial charge is 0.291 e. The lowest BCUT2D eigenvalue weighted by atomic mass is 10.2. The van der Waals surface area contributed by atoms with E-state index < -0.39 is 0 Å². The molecule has 0 spiro atoms. The maximum atomic E-state index is 13.1. The highest BCUT2D eigenvalue weighted by Crippen LogP contribution is 2.33. The molecule has 1 saturated carbocycles. The molecular formula is C18H25N5O3. The van der Waals surface area contributed by atoms with Gasteiger partial charge in [0.15, 0.2) is 5.89 Å². The lowest BCUT2D eigenvalue weighted by Crippen LogP contribution is -2.38. The highest BCUT2D eigenvalue weighted by Gasteiger charge is 2.38. The Morgan fingerprint density at radius 2 is 2.27 bits per heavy atom. The number of nitrogens with zero attached hydrogens (tertiary/aromatic N) is 4. The fourth-order valence-corrected chi connectivity index (χ4v) is 3.60. The summed E-state index contributed by atoms with van der Waals surface area (Å²) < 4.78 is 13.1. The summed E-state index contributed by atoms with van der Waals surface area (Å²) in [7, 11) is 1.68. The summed E-state index contributed by atoms with van der Waals surface area (Å²) in [5.41, 5.74) is 6.36. The first-order valence-electron chi connectivity index (χ1n) is 9.12. The lowest BCUT2D eigenvalue weighted by Gasteiger charge is -2.23. The standard InChI is InChI=1S/C18H25N5O3/c1-11-17(26-16(20-11)7-12-3-4-12)18(24)23-10-14(25-2)8-13(23)9-22-6-5-15(19)21-22/h5-6,12-14H,3-4,7-10H2,1-2H3,(H2,19,21)/t13-,14+/m0/s1. The molecule has 4 rings (SSSR count). The minimum Gasteiger partial charge on any atom is -0.435 e. The second-order valence-corrected chi connectivity index (χ2v) is 7.34. The molecule has 2 atom stereocenters. The highest BCUT2D eigenvalue weighted by molar-refractivity contribution is 5.93. The van der Waals surface area contributed by atoms with Gasteiger partial charge < -0.3 is 19.8 Å². The summed E-state index contributed by atoms with van der Waals surface area (Å²) in [6.07, 6.45) is 5.86. The van der Waals surface area contributed by atoms with Crippen molar-refractivity contribution in [2.45, 2.75) is 51.3 Å². The van der Waals surface area contributed by atoms with Gasteiger partial charge in [0, 0.05) is 26.3 Å². The molecule has 2 fully saturated rings. The van der Waals surface area contributed by atoms with Gasteiger partial charge in [-0.3, -0.25) is 9.48 Å². The number of amides is 1. The number of oxazole rings is 1. The van der Waals surface area contributed by atoms with Crippen molar-refractivity contribution >= 4 is 11.7 Å². The number of nitrogens with two attached hydrogens (primary N) is 1. The third-order valence-electron chi connectivity index (χ3n) is 5.22. The molecule has 2 aromatic rings. The Balaban J connectivity index is 1.52. The molecule has 2 aromatic heterocycles. The zero-order chi connectivity index (χ0) is 18.3. The van der Waals surface area contributed by atoms with Gasteiger partial charge in [0.05, 0.1) is 24.4 Å². The monoisotopic (exact) mass is 359 g/mol. The van der Waals surface area contributed by atoms with E-state index in [1.807, 2.05) is 18.0 Å². The molecule has 8 nitrogen and oxygen atoms in total. The van der Waals surface area contributed by atoms with E-state index in [0.717, 1.165) is 12.8 Å². The lowest BCUT2D eigenvalue weighted by molar-refractivity contribution is 0.0645. The van der Waals surface area contributed by atoms with Crippen LogP contribution >= 0.6 is 0 Å². The number of aromatic nitrogens is 3. The van der Waals surface area contributed by atoms with E-state index in [2.05, 4.69) is 10.1 Å². The van der Waals surface area contributed by atoms with Gasteiger partial charge in [0.1, 0.15) is 5.82 Å². The number of hydrogen-bond acceptors (Lipinski definition) is 6. The second kappa shape index (κ2) is 6.75. The molecule has 3 heterocycles. The van der Waals surface area contributed by atoms with Crippen LogP contribution in [0.1, 0.15) is 41.4 Å². The average Bonchev–Trinajstić information content (AvgIpc) is 3.01. The number of aryl methyl sites for hydroxylation is 1. The number of hydrogen-bond donors (Lipinski definition) is 1. The van der Waals surface area contributed by atoms with E-state index in [4.69, 9.17) is 14.9 Å². The van der Waals surface area contributed by atoms with E-state index in [1.54, 1.807) is 17.9 Å². The van der Waals surface area contributed by atoms with Gasteiger partial charge in [0.2, 0.25) is 5.76 Å². The van der Waals surface area contributed by atoms with Crippen molar-refractivity contribution in [3.05, 3.63) is 29.6 Å².